The molecule has 0 aliphatic heterocycles. The second-order valence-electron chi connectivity index (χ2n) is 5.53. The second kappa shape index (κ2) is 5.96. The molecule has 0 bridgehead atoms. The van der Waals surface area contributed by atoms with E-state index in [1.165, 1.54) is 21.2 Å². The fourth-order valence-electron chi connectivity index (χ4n) is 2.59. The average Bonchev–Trinajstić information content (AvgIpc) is 2.93. The number of hydrogen-bond donors (Lipinski definition) is 1. The lowest BCUT2D eigenvalue weighted by Gasteiger charge is -2.19. The summed E-state index contributed by atoms with van der Waals surface area (Å²) in [6.07, 6.45) is 1.94. The maximum Gasteiger partial charge on any atom is 0.109 e. The zero-order valence-electron chi connectivity index (χ0n) is 12.6. The van der Waals surface area contributed by atoms with Gasteiger partial charge in [-0.15, -0.1) is 11.3 Å². The lowest BCUT2D eigenvalue weighted by Crippen LogP contribution is -2.22. The number of aromatic nitrogens is 1. The van der Waals surface area contributed by atoms with Gasteiger partial charge >= 0.3 is 0 Å². The van der Waals surface area contributed by atoms with E-state index in [0.29, 0.717) is 6.04 Å². The number of thiazole rings is 1. The van der Waals surface area contributed by atoms with Crippen molar-refractivity contribution < 1.29 is 0 Å². The van der Waals surface area contributed by atoms with Gasteiger partial charge in [-0.2, -0.15) is 0 Å². The predicted molar refractivity (Wildman–Crippen MR) is 90.8 cm³/mol. The first-order chi connectivity index (χ1) is 10.1. The molecule has 0 amide bonds. The molecule has 2 atom stereocenters. The van der Waals surface area contributed by atoms with Crippen LogP contribution >= 0.6 is 11.3 Å². The zero-order valence-corrected chi connectivity index (χ0v) is 13.4. The molecule has 3 rings (SSSR count). The maximum absolute atomic E-state index is 4.47. The largest absolute Gasteiger partial charge is 0.302 e. The number of nitrogens with zero attached hydrogens (tertiary/aromatic N) is 1. The maximum atomic E-state index is 4.47. The Morgan fingerprint density at radius 3 is 2.48 bits per heavy atom. The highest BCUT2D eigenvalue weighted by Gasteiger charge is 2.14. The van der Waals surface area contributed by atoms with Gasteiger partial charge in [0.05, 0.1) is 6.04 Å². The van der Waals surface area contributed by atoms with Crippen LogP contribution in [0.15, 0.2) is 48.7 Å². The van der Waals surface area contributed by atoms with Crippen LogP contribution in [0.5, 0.6) is 0 Å². The van der Waals surface area contributed by atoms with E-state index in [1.807, 2.05) is 6.20 Å². The van der Waals surface area contributed by atoms with Gasteiger partial charge in [-0.1, -0.05) is 36.4 Å². The normalized spacial score (nSPS) is 14.2. The molecule has 2 aromatic carbocycles. The quantitative estimate of drug-likeness (QED) is 0.731. The molecule has 21 heavy (non-hydrogen) atoms. The van der Waals surface area contributed by atoms with Gasteiger partial charge in [0.15, 0.2) is 0 Å². The van der Waals surface area contributed by atoms with Gasteiger partial charge in [0, 0.05) is 17.1 Å². The first-order valence-corrected chi connectivity index (χ1v) is 8.12. The number of aryl methyl sites for hydroxylation is 1. The first-order valence-electron chi connectivity index (χ1n) is 7.30. The Hall–Kier alpha value is -1.71. The van der Waals surface area contributed by atoms with Crippen LogP contribution in [0, 0.1) is 6.92 Å². The molecule has 0 radical (unpaired) electrons. The van der Waals surface area contributed by atoms with Crippen LogP contribution in [0.4, 0.5) is 0 Å². The Morgan fingerprint density at radius 1 is 1.00 bits per heavy atom. The van der Waals surface area contributed by atoms with Crippen LogP contribution in [-0.2, 0) is 0 Å². The smallest absolute Gasteiger partial charge is 0.109 e. The Balaban J connectivity index is 1.78. The third kappa shape index (κ3) is 3.14. The molecule has 108 valence electrons. The summed E-state index contributed by atoms with van der Waals surface area (Å²) in [7, 11) is 0. The van der Waals surface area contributed by atoms with Crippen LogP contribution in [-0.4, -0.2) is 4.98 Å². The summed E-state index contributed by atoms with van der Waals surface area (Å²) in [5.74, 6) is 0. The third-order valence-corrected chi connectivity index (χ3v) is 4.88. The Bertz CT molecular complexity index is 748. The molecule has 0 saturated heterocycles. The Labute approximate surface area is 129 Å². The predicted octanol–water partition coefficient (Wildman–Crippen LogP) is 5.02. The van der Waals surface area contributed by atoms with Crippen molar-refractivity contribution >= 4 is 22.1 Å². The van der Waals surface area contributed by atoms with E-state index >= 15 is 0 Å². The molecule has 3 aromatic rings. The standard InChI is InChI=1S/C18H20N2S/c1-12-11-19-18(21-12)14(3)20-13(2)16-9-8-15-6-4-5-7-17(15)10-16/h4-11,13-14,20H,1-3H3. The van der Waals surface area contributed by atoms with E-state index in [9.17, 15) is 0 Å². The summed E-state index contributed by atoms with van der Waals surface area (Å²) in [5.41, 5.74) is 1.31. The zero-order chi connectivity index (χ0) is 14.8. The monoisotopic (exact) mass is 296 g/mol. The lowest BCUT2D eigenvalue weighted by atomic mass is 10.0. The van der Waals surface area contributed by atoms with Gasteiger partial charge in [-0.25, -0.2) is 4.98 Å². The van der Waals surface area contributed by atoms with Crippen molar-refractivity contribution in [1.82, 2.24) is 10.3 Å². The van der Waals surface area contributed by atoms with Crippen molar-refractivity contribution in [2.45, 2.75) is 32.9 Å². The Kier molecular flexibility index (Phi) is 4.04. The number of benzene rings is 2. The molecule has 2 unspecified atom stereocenters. The van der Waals surface area contributed by atoms with Crippen molar-refractivity contribution in [1.29, 1.82) is 0 Å². The van der Waals surface area contributed by atoms with E-state index in [4.69, 9.17) is 0 Å². The van der Waals surface area contributed by atoms with E-state index in [1.54, 1.807) is 11.3 Å². The molecule has 1 aromatic heterocycles. The minimum Gasteiger partial charge on any atom is -0.302 e. The van der Waals surface area contributed by atoms with Crippen molar-refractivity contribution in [2.24, 2.45) is 0 Å². The summed E-state index contributed by atoms with van der Waals surface area (Å²) in [4.78, 5) is 5.73. The number of fused-ring (bicyclic) bond motifs is 1. The van der Waals surface area contributed by atoms with E-state index in [2.05, 4.69) is 73.5 Å². The number of rotatable bonds is 4. The van der Waals surface area contributed by atoms with E-state index < -0.39 is 0 Å². The van der Waals surface area contributed by atoms with Crippen LogP contribution < -0.4 is 5.32 Å². The molecule has 0 aliphatic rings. The first kappa shape index (κ1) is 14.2. The SMILES string of the molecule is Cc1cnc(C(C)NC(C)c2ccc3ccccc3c2)s1. The fraction of sp³-hybridized carbons (Fsp3) is 0.278. The van der Waals surface area contributed by atoms with Crippen LogP contribution in [0.1, 0.15) is 41.4 Å². The number of hydrogen-bond acceptors (Lipinski definition) is 3. The summed E-state index contributed by atoms with van der Waals surface area (Å²) in [5, 5.41) is 7.37. The average molecular weight is 296 g/mol. The van der Waals surface area contributed by atoms with Gasteiger partial charge < -0.3 is 5.32 Å². The molecule has 0 saturated carbocycles. The molecule has 0 fully saturated rings. The van der Waals surface area contributed by atoms with Crippen LogP contribution in [0.2, 0.25) is 0 Å². The summed E-state index contributed by atoms with van der Waals surface area (Å²) in [6, 6.07) is 15.7. The molecule has 1 heterocycles. The van der Waals surface area contributed by atoms with Crippen LogP contribution in [0.3, 0.4) is 0 Å². The fourth-order valence-corrected chi connectivity index (χ4v) is 3.38. The molecule has 0 spiro atoms. The van der Waals surface area contributed by atoms with Crippen molar-refractivity contribution in [2.75, 3.05) is 0 Å². The highest BCUT2D eigenvalue weighted by Crippen LogP contribution is 2.25. The molecular formula is C18H20N2S. The van der Waals surface area contributed by atoms with Gasteiger partial charge in [-0.05, 0) is 43.2 Å². The van der Waals surface area contributed by atoms with Gasteiger partial charge in [0.25, 0.3) is 0 Å². The van der Waals surface area contributed by atoms with Gasteiger partial charge in [0.2, 0.25) is 0 Å². The van der Waals surface area contributed by atoms with Crippen molar-refractivity contribution in [3.8, 4) is 0 Å². The Morgan fingerprint density at radius 2 is 1.76 bits per heavy atom. The van der Waals surface area contributed by atoms with E-state index in [0.717, 1.165) is 5.01 Å². The topological polar surface area (TPSA) is 24.9 Å². The lowest BCUT2D eigenvalue weighted by molar-refractivity contribution is 0.493. The van der Waals surface area contributed by atoms with Crippen molar-refractivity contribution in [3.63, 3.8) is 0 Å². The summed E-state index contributed by atoms with van der Waals surface area (Å²) in [6.45, 7) is 6.48. The molecule has 1 N–H and O–H groups in total. The number of nitrogens with one attached hydrogen (secondary N) is 1. The highest BCUT2D eigenvalue weighted by atomic mass is 32.1. The molecule has 0 aliphatic carbocycles. The minimum atomic E-state index is 0.269. The van der Waals surface area contributed by atoms with Gasteiger partial charge in [-0.3, -0.25) is 0 Å². The minimum absolute atomic E-state index is 0.269. The molecule has 2 nitrogen and oxygen atoms in total. The molecular weight excluding hydrogens is 276 g/mol. The molecule has 3 heteroatoms. The highest BCUT2D eigenvalue weighted by molar-refractivity contribution is 7.11. The third-order valence-electron chi connectivity index (χ3n) is 3.78. The second-order valence-corrected chi connectivity index (χ2v) is 6.79. The van der Waals surface area contributed by atoms with Gasteiger partial charge in [0.1, 0.15) is 5.01 Å². The summed E-state index contributed by atoms with van der Waals surface area (Å²) < 4.78 is 0. The van der Waals surface area contributed by atoms with Crippen LogP contribution in [0.25, 0.3) is 10.8 Å². The van der Waals surface area contributed by atoms with E-state index in [-0.39, 0.29) is 6.04 Å². The van der Waals surface area contributed by atoms with Crippen molar-refractivity contribution in [3.05, 3.63) is 64.1 Å². The summed E-state index contributed by atoms with van der Waals surface area (Å²) >= 11 is 1.76.